The third-order valence-corrected chi connectivity index (χ3v) is 3.82. The van der Waals surface area contributed by atoms with Crippen LogP contribution in [-0.4, -0.2) is 4.98 Å². The fraction of sp³-hybridized carbons (Fsp3) is 0.0625. The molecule has 0 unspecified atom stereocenters. The van der Waals surface area contributed by atoms with Gasteiger partial charge in [-0.1, -0.05) is 29.3 Å². The minimum atomic E-state index is 0.566. The maximum Gasteiger partial charge on any atom is 0.181 e. The highest BCUT2D eigenvalue weighted by Crippen LogP contribution is 2.24. The molecule has 106 valence electrons. The second-order valence-electron chi connectivity index (χ2n) is 4.55. The summed E-state index contributed by atoms with van der Waals surface area (Å²) < 4.78 is 5.25. The van der Waals surface area contributed by atoms with Crippen LogP contribution in [0.2, 0.25) is 10.0 Å². The zero-order valence-electron chi connectivity index (χ0n) is 11.0. The lowest BCUT2D eigenvalue weighted by molar-refractivity contribution is 0.572. The SMILES string of the molecule is Clc1ccc(CNc2ccc(-c3cnco3)cc2)cc1Cl. The van der Waals surface area contributed by atoms with Crippen LogP contribution in [0.5, 0.6) is 0 Å². The highest BCUT2D eigenvalue weighted by atomic mass is 35.5. The zero-order chi connectivity index (χ0) is 14.7. The Bertz CT molecular complexity index is 725. The third kappa shape index (κ3) is 3.38. The van der Waals surface area contributed by atoms with Gasteiger partial charge in [0.2, 0.25) is 0 Å². The van der Waals surface area contributed by atoms with Crippen LogP contribution in [0, 0.1) is 0 Å². The Morgan fingerprint density at radius 3 is 2.48 bits per heavy atom. The van der Waals surface area contributed by atoms with Gasteiger partial charge in [-0.25, -0.2) is 4.98 Å². The van der Waals surface area contributed by atoms with E-state index in [1.165, 1.54) is 6.39 Å². The highest BCUT2D eigenvalue weighted by Gasteiger charge is 2.02. The monoisotopic (exact) mass is 318 g/mol. The molecule has 1 heterocycles. The zero-order valence-corrected chi connectivity index (χ0v) is 12.5. The van der Waals surface area contributed by atoms with Gasteiger partial charge in [0.25, 0.3) is 0 Å². The average Bonchev–Trinajstić information content (AvgIpc) is 3.03. The molecule has 1 aromatic heterocycles. The van der Waals surface area contributed by atoms with Crippen LogP contribution in [0.15, 0.2) is 59.5 Å². The molecule has 0 spiro atoms. The van der Waals surface area contributed by atoms with Crippen LogP contribution in [0.25, 0.3) is 11.3 Å². The van der Waals surface area contributed by atoms with Crippen molar-refractivity contribution >= 4 is 28.9 Å². The lowest BCUT2D eigenvalue weighted by atomic mass is 10.1. The van der Waals surface area contributed by atoms with E-state index in [-0.39, 0.29) is 0 Å². The fourth-order valence-electron chi connectivity index (χ4n) is 1.96. The van der Waals surface area contributed by atoms with Gasteiger partial charge >= 0.3 is 0 Å². The van der Waals surface area contributed by atoms with Crippen LogP contribution in [0.4, 0.5) is 5.69 Å². The molecule has 0 radical (unpaired) electrons. The molecular weight excluding hydrogens is 307 g/mol. The number of oxazole rings is 1. The molecule has 5 heteroatoms. The number of aromatic nitrogens is 1. The minimum absolute atomic E-state index is 0.566. The van der Waals surface area contributed by atoms with Crippen molar-refractivity contribution in [3.63, 3.8) is 0 Å². The number of hydrogen-bond acceptors (Lipinski definition) is 3. The van der Waals surface area contributed by atoms with E-state index in [1.807, 2.05) is 36.4 Å². The summed E-state index contributed by atoms with van der Waals surface area (Å²) in [5, 5.41) is 4.46. The minimum Gasteiger partial charge on any atom is -0.444 e. The molecule has 1 N–H and O–H groups in total. The molecule has 0 fully saturated rings. The van der Waals surface area contributed by atoms with E-state index in [9.17, 15) is 0 Å². The predicted molar refractivity (Wildman–Crippen MR) is 85.7 cm³/mol. The standard InChI is InChI=1S/C16H12Cl2N2O/c17-14-6-1-11(7-15(14)18)8-20-13-4-2-12(3-5-13)16-9-19-10-21-16/h1-7,9-10,20H,8H2. The van der Waals surface area contributed by atoms with Gasteiger partial charge in [0.1, 0.15) is 0 Å². The fourth-order valence-corrected chi connectivity index (χ4v) is 2.29. The Morgan fingerprint density at radius 1 is 1.00 bits per heavy atom. The average molecular weight is 319 g/mol. The molecule has 3 aromatic rings. The molecule has 0 aliphatic carbocycles. The summed E-state index contributed by atoms with van der Waals surface area (Å²) in [6.45, 7) is 0.679. The number of benzene rings is 2. The Kier molecular flexibility index (Phi) is 4.13. The first-order valence-electron chi connectivity index (χ1n) is 6.39. The number of rotatable bonds is 4. The molecule has 2 aromatic carbocycles. The second kappa shape index (κ2) is 6.20. The normalized spacial score (nSPS) is 10.6. The number of nitrogens with one attached hydrogen (secondary N) is 1. The van der Waals surface area contributed by atoms with Gasteiger partial charge in [-0.15, -0.1) is 0 Å². The highest BCUT2D eigenvalue weighted by molar-refractivity contribution is 6.42. The second-order valence-corrected chi connectivity index (χ2v) is 5.36. The summed E-state index contributed by atoms with van der Waals surface area (Å²) in [5.41, 5.74) is 3.08. The smallest absolute Gasteiger partial charge is 0.181 e. The molecule has 0 aliphatic heterocycles. The summed E-state index contributed by atoms with van der Waals surface area (Å²) in [5.74, 6) is 0.756. The number of halogens is 2. The summed E-state index contributed by atoms with van der Waals surface area (Å²) in [6.07, 6.45) is 3.11. The van der Waals surface area contributed by atoms with E-state index < -0.39 is 0 Å². The number of anilines is 1. The van der Waals surface area contributed by atoms with E-state index >= 15 is 0 Å². The van der Waals surface area contributed by atoms with Crippen molar-refractivity contribution in [1.29, 1.82) is 0 Å². The molecule has 0 amide bonds. The molecule has 0 aliphatic rings. The van der Waals surface area contributed by atoms with Crippen LogP contribution in [0.1, 0.15) is 5.56 Å². The van der Waals surface area contributed by atoms with Crippen molar-refractivity contribution in [3.8, 4) is 11.3 Å². The first kappa shape index (κ1) is 14.0. The van der Waals surface area contributed by atoms with Gasteiger partial charge in [0.05, 0.1) is 16.2 Å². The van der Waals surface area contributed by atoms with Crippen LogP contribution in [-0.2, 0) is 6.54 Å². The van der Waals surface area contributed by atoms with Gasteiger partial charge < -0.3 is 9.73 Å². The Hall–Kier alpha value is -1.97. The van der Waals surface area contributed by atoms with Crippen molar-refractivity contribution in [2.24, 2.45) is 0 Å². The molecule has 3 rings (SSSR count). The molecule has 0 saturated carbocycles. The van der Waals surface area contributed by atoms with Crippen LogP contribution in [0.3, 0.4) is 0 Å². The lowest BCUT2D eigenvalue weighted by Crippen LogP contribution is -1.99. The van der Waals surface area contributed by atoms with E-state index in [4.69, 9.17) is 27.6 Å². The summed E-state index contributed by atoms with van der Waals surface area (Å²) >= 11 is 11.9. The van der Waals surface area contributed by atoms with Crippen molar-refractivity contribution in [2.45, 2.75) is 6.54 Å². The Balaban J connectivity index is 1.66. The quantitative estimate of drug-likeness (QED) is 0.713. The van der Waals surface area contributed by atoms with Crippen molar-refractivity contribution in [2.75, 3.05) is 5.32 Å². The lowest BCUT2D eigenvalue weighted by Gasteiger charge is -2.08. The first-order chi connectivity index (χ1) is 10.2. The van der Waals surface area contributed by atoms with E-state index in [1.54, 1.807) is 12.3 Å². The Morgan fingerprint density at radius 2 is 1.81 bits per heavy atom. The van der Waals surface area contributed by atoms with Crippen LogP contribution < -0.4 is 5.32 Å². The van der Waals surface area contributed by atoms with Crippen molar-refractivity contribution < 1.29 is 4.42 Å². The van der Waals surface area contributed by atoms with E-state index in [0.717, 1.165) is 22.6 Å². The van der Waals surface area contributed by atoms with E-state index in [2.05, 4.69) is 10.3 Å². The molecule has 0 atom stereocenters. The van der Waals surface area contributed by atoms with Crippen LogP contribution >= 0.6 is 23.2 Å². The van der Waals surface area contributed by atoms with Crippen molar-refractivity contribution in [1.82, 2.24) is 4.98 Å². The number of nitrogens with zero attached hydrogens (tertiary/aromatic N) is 1. The van der Waals surface area contributed by atoms with E-state index in [0.29, 0.717) is 16.6 Å². The number of hydrogen-bond donors (Lipinski definition) is 1. The van der Waals surface area contributed by atoms with Gasteiger partial charge in [0, 0.05) is 17.8 Å². The summed E-state index contributed by atoms with van der Waals surface area (Å²) in [7, 11) is 0. The maximum atomic E-state index is 6.00. The van der Waals surface area contributed by atoms with Gasteiger partial charge in [0.15, 0.2) is 12.2 Å². The first-order valence-corrected chi connectivity index (χ1v) is 7.15. The molecule has 3 nitrogen and oxygen atoms in total. The largest absolute Gasteiger partial charge is 0.444 e. The third-order valence-electron chi connectivity index (χ3n) is 3.08. The predicted octanol–water partition coefficient (Wildman–Crippen LogP) is 5.26. The van der Waals surface area contributed by atoms with Gasteiger partial charge in [-0.3, -0.25) is 0 Å². The molecule has 21 heavy (non-hydrogen) atoms. The molecule has 0 saturated heterocycles. The maximum absolute atomic E-state index is 6.00. The van der Waals surface area contributed by atoms with Gasteiger partial charge in [-0.05, 0) is 42.0 Å². The molecular formula is C16H12Cl2N2O. The summed E-state index contributed by atoms with van der Waals surface area (Å²) in [6, 6.07) is 13.6. The Labute approximate surface area is 132 Å². The molecule has 0 bridgehead atoms. The summed E-state index contributed by atoms with van der Waals surface area (Å²) in [4.78, 5) is 3.91. The van der Waals surface area contributed by atoms with Gasteiger partial charge in [-0.2, -0.15) is 0 Å². The topological polar surface area (TPSA) is 38.1 Å². The van der Waals surface area contributed by atoms with Crippen molar-refractivity contribution in [3.05, 3.63) is 70.7 Å².